The van der Waals surface area contributed by atoms with E-state index in [2.05, 4.69) is 12.2 Å². The van der Waals surface area contributed by atoms with Gasteiger partial charge in [-0.2, -0.15) is 0 Å². The fourth-order valence-corrected chi connectivity index (χ4v) is 2.15. The Kier molecular flexibility index (Phi) is 7.96. The summed E-state index contributed by atoms with van der Waals surface area (Å²) in [5, 5.41) is 13.7. The summed E-state index contributed by atoms with van der Waals surface area (Å²) in [4.78, 5) is 22.1. The number of nitrogens with one attached hydrogen (secondary N) is 1. The van der Waals surface area contributed by atoms with Crippen LogP contribution < -0.4 is 5.32 Å². The van der Waals surface area contributed by atoms with Crippen molar-refractivity contribution in [2.24, 2.45) is 0 Å². The number of hydrogen-bond acceptors (Lipinski definition) is 4. The number of carbonyl (C=O) groups excluding carboxylic acids is 1. The zero-order valence-corrected chi connectivity index (χ0v) is 13.2. The molecule has 0 saturated carbocycles. The van der Waals surface area contributed by atoms with Crippen LogP contribution in [0.2, 0.25) is 0 Å². The van der Waals surface area contributed by atoms with Gasteiger partial charge in [0, 0.05) is 24.1 Å². The molecule has 0 aliphatic rings. The minimum Gasteiger partial charge on any atom is -0.449 e. The van der Waals surface area contributed by atoms with Gasteiger partial charge < -0.3 is 10.1 Å². The van der Waals surface area contributed by atoms with Gasteiger partial charge in [-0.25, -0.2) is 4.79 Å². The number of alkyl carbamates (subject to hydrolysis) is 1. The third-order valence-corrected chi connectivity index (χ3v) is 3.43. The first kappa shape index (κ1) is 17.9. The average Bonchev–Trinajstić information content (AvgIpc) is 2.52. The van der Waals surface area contributed by atoms with Crippen LogP contribution in [-0.2, 0) is 4.74 Å². The maximum atomic E-state index is 11.6. The molecule has 1 rings (SSSR count). The first-order chi connectivity index (χ1) is 10.6. The summed E-state index contributed by atoms with van der Waals surface area (Å²) in [6.45, 7) is 4.65. The molecule has 22 heavy (non-hydrogen) atoms. The van der Waals surface area contributed by atoms with Gasteiger partial charge in [0.05, 0.1) is 4.92 Å². The zero-order chi connectivity index (χ0) is 16.4. The Morgan fingerprint density at radius 3 is 2.73 bits per heavy atom. The second-order valence-corrected chi connectivity index (χ2v) is 5.30. The van der Waals surface area contributed by atoms with E-state index < -0.39 is 11.0 Å². The number of rotatable bonds is 9. The second kappa shape index (κ2) is 9.76. The maximum Gasteiger partial charge on any atom is 0.407 e. The monoisotopic (exact) mass is 308 g/mol. The number of hydrogen-bond donors (Lipinski definition) is 1. The predicted octanol–water partition coefficient (Wildman–Crippen LogP) is 4.00. The van der Waals surface area contributed by atoms with Crippen LogP contribution >= 0.6 is 0 Å². The van der Waals surface area contributed by atoms with Crippen molar-refractivity contribution in [3.05, 3.63) is 39.9 Å². The number of carbonyl (C=O) groups is 1. The Bertz CT molecular complexity index is 491. The van der Waals surface area contributed by atoms with Gasteiger partial charge in [-0.05, 0) is 6.42 Å². The van der Waals surface area contributed by atoms with Crippen LogP contribution in [-0.4, -0.2) is 24.2 Å². The van der Waals surface area contributed by atoms with Gasteiger partial charge in [0.2, 0.25) is 0 Å². The SMILES string of the molecule is CCCCCCNC(=O)OCC(C)c1ccccc1[N+](=O)[O-]. The third kappa shape index (κ3) is 6.11. The lowest BCUT2D eigenvalue weighted by Gasteiger charge is -2.13. The molecule has 0 spiro atoms. The number of ether oxygens (including phenoxy) is 1. The maximum absolute atomic E-state index is 11.6. The standard InChI is InChI=1S/C16H24N2O4/c1-3-4-5-8-11-17-16(19)22-12-13(2)14-9-6-7-10-15(14)18(20)21/h6-7,9-10,13H,3-5,8,11-12H2,1-2H3,(H,17,19). The lowest BCUT2D eigenvalue weighted by Crippen LogP contribution is -2.26. The lowest BCUT2D eigenvalue weighted by atomic mass is 10.0. The number of amides is 1. The van der Waals surface area contributed by atoms with Gasteiger partial charge >= 0.3 is 6.09 Å². The largest absolute Gasteiger partial charge is 0.449 e. The molecule has 0 bridgehead atoms. The van der Waals surface area contributed by atoms with E-state index in [0.29, 0.717) is 12.1 Å². The van der Waals surface area contributed by atoms with Crippen molar-refractivity contribution in [1.29, 1.82) is 0 Å². The lowest BCUT2D eigenvalue weighted by molar-refractivity contribution is -0.385. The number of benzene rings is 1. The molecule has 1 amide bonds. The molecule has 1 aromatic rings. The summed E-state index contributed by atoms with van der Waals surface area (Å²) < 4.78 is 5.13. The topological polar surface area (TPSA) is 81.5 Å². The van der Waals surface area contributed by atoms with Crippen LogP contribution in [0.1, 0.15) is 51.0 Å². The zero-order valence-electron chi connectivity index (χ0n) is 13.2. The molecule has 122 valence electrons. The Morgan fingerprint density at radius 2 is 2.05 bits per heavy atom. The number of unbranched alkanes of at least 4 members (excludes halogenated alkanes) is 3. The van der Waals surface area contributed by atoms with Crippen LogP contribution in [0.5, 0.6) is 0 Å². The van der Waals surface area contributed by atoms with E-state index in [0.717, 1.165) is 25.7 Å². The Hall–Kier alpha value is -2.11. The van der Waals surface area contributed by atoms with E-state index in [9.17, 15) is 14.9 Å². The van der Waals surface area contributed by atoms with E-state index in [4.69, 9.17) is 4.74 Å². The van der Waals surface area contributed by atoms with Gasteiger partial charge in [0.15, 0.2) is 0 Å². The molecule has 1 atom stereocenters. The van der Waals surface area contributed by atoms with Crippen LogP contribution in [0.3, 0.4) is 0 Å². The molecule has 0 aliphatic carbocycles. The van der Waals surface area contributed by atoms with Gasteiger partial charge in [-0.15, -0.1) is 0 Å². The van der Waals surface area contributed by atoms with Gasteiger partial charge in [0.25, 0.3) is 5.69 Å². The van der Waals surface area contributed by atoms with Crippen LogP contribution in [0.15, 0.2) is 24.3 Å². The normalized spacial score (nSPS) is 11.7. The molecule has 1 unspecified atom stereocenters. The van der Waals surface area contributed by atoms with Crippen LogP contribution in [0.25, 0.3) is 0 Å². The Morgan fingerprint density at radius 1 is 1.32 bits per heavy atom. The van der Waals surface area contributed by atoms with Crippen LogP contribution in [0.4, 0.5) is 10.5 Å². The average molecular weight is 308 g/mol. The van der Waals surface area contributed by atoms with E-state index in [-0.39, 0.29) is 18.2 Å². The van der Waals surface area contributed by atoms with Gasteiger partial charge in [-0.3, -0.25) is 10.1 Å². The third-order valence-electron chi connectivity index (χ3n) is 3.43. The van der Waals surface area contributed by atoms with Crippen LogP contribution in [0, 0.1) is 10.1 Å². The molecule has 0 aliphatic heterocycles. The minimum atomic E-state index is -0.470. The molecule has 0 fully saturated rings. The Labute approximate surface area is 131 Å². The molecular formula is C16H24N2O4. The Balaban J connectivity index is 2.38. The smallest absolute Gasteiger partial charge is 0.407 e. The first-order valence-electron chi connectivity index (χ1n) is 7.70. The van der Waals surface area contributed by atoms with Crippen molar-refractivity contribution < 1.29 is 14.5 Å². The highest BCUT2D eigenvalue weighted by atomic mass is 16.6. The summed E-state index contributed by atoms with van der Waals surface area (Å²) >= 11 is 0. The van der Waals surface area contributed by atoms with E-state index in [1.54, 1.807) is 25.1 Å². The fourth-order valence-electron chi connectivity index (χ4n) is 2.15. The summed E-state index contributed by atoms with van der Waals surface area (Å²) in [7, 11) is 0. The molecule has 1 aromatic carbocycles. The molecule has 0 heterocycles. The molecule has 1 N–H and O–H groups in total. The van der Waals surface area contributed by atoms with E-state index in [1.807, 2.05) is 0 Å². The molecule has 0 aromatic heterocycles. The highest BCUT2D eigenvalue weighted by molar-refractivity contribution is 5.67. The molecular weight excluding hydrogens is 284 g/mol. The molecule has 6 heteroatoms. The summed E-state index contributed by atoms with van der Waals surface area (Å²) in [5.41, 5.74) is 0.627. The minimum absolute atomic E-state index is 0.0542. The van der Waals surface area contributed by atoms with Crippen molar-refractivity contribution in [3.63, 3.8) is 0 Å². The summed E-state index contributed by atoms with van der Waals surface area (Å²) in [6.07, 6.45) is 3.86. The predicted molar refractivity (Wildman–Crippen MR) is 85.0 cm³/mol. The molecule has 6 nitrogen and oxygen atoms in total. The quantitative estimate of drug-likeness (QED) is 0.424. The van der Waals surface area contributed by atoms with E-state index in [1.165, 1.54) is 6.07 Å². The number of para-hydroxylation sites is 1. The van der Waals surface area contributed by atoms with Crippen molar-refractivity contribution in [1.82, 2.24) is 5.32 Å². The summed E-state index contributed by atoms with van der Waals surface area (Å²) in [5.74, 6) is -0.229. The number of nitro benzene ring substituents is 1. The first-order valence-corrected chi connectivity index (χ1v) is 7.70. The van der Waals surface area contributed by atoms with Crippen molar-refractivity contribution in [3.8, 4) is 0 Å². The molecule has 0 radical (unpaired) electrons. The summed E-state index contributed by atoms with van der Waals surface area (Å²) in [6, 6.07) is 6.51. The fraction of sp³-hybridized carbons (Fsp3) is 0.562. The highest BCUT2D eigenvalue weighted by Gasteiger charge is 2.19. The van der Waals surface area contributed by atoms with E-state index >= 15 is 0 Å². The van der Waals surface area contributed by atoms with Gasteiger partial charge in [-0.1, -0.05) is 51.3 Å². The highest BCUT2D eigenvalue weighted by Crippen LogP contribution is 2.26. The second-order valence-electron chi connectivity index (χ2n) is 5.30. The number of nitro groups is 1. The van der Waals surface area contributed by atoms with Crippen molar-refractivity contribution >= 4 is 11.8 Å². The number of nitrogens with zero attached hydrogens (tertiary/aromatic N) is 1. The van der Waals surface area contributed by atoms with Gasteiger partial charge in [0.1, 0.15) is 6.61 Å². The molecule has 0 saturated heterocycles. The van der Waals surface area contributed by atoms with Crippen molar-refractivity contribution in [2.75, 3.05) is 13.2 Å². The van der Waals surface area contributed by atoms with Crippen molar-refractivity contribution in [2.45, 2.75) is 45.4 Å².